The van der Waals surface area contributed by atoms with Gasteiger partial charge in [0.05, 0.1) is 23.0 Å². The molecule has 152 valence electrons. The summed E-state index contributed by atoms with van der Waals surface area (Å²) in [5, 5.41) is 2.65. The van der Waals surface area contributed by atoms with E-state index in [2.05, 4.69) is 15.3 Å². The zero-order chi connectivity index (χ0) is 21.1. The van der Waals surface area contributed by atoms with Gasteiger partial charge in [-0.3, -0.25) is 4.79 Å². The maximum atomic E-state index is 12.5. The van der Waals surface area contributed by atoms with Gasteiger partial charge in [-0.2, -0.15) is 0 Å². The fourth-order valence-corrected chi connectivity index (χ4v) is 4.20. The molecule has 2 N–H and O–H groups in total. The number of methoxy groups -OCH3 is 1. The molecule has 30 heavy (non-hydrogen) atoms. The Morgan fingerprint density at radius 2 is 1.80 bits per heavy atom. The van der Waals surface area contributed by atoms with E-state index < -0.39 is 21.5 Å². The number of anilines is 1. The minimum Gasteiger partial charge on any atom is -0.497 e. The lowest BCUT2D eigenvalue weighted by Gasteiger charge is -2.08. The predicted octanol–water partition coefficient (Wildman–Crippen LogP) is 3.65. The molecule has 0 aliphatic heterocycles. The van der Waals surface area contributed by atoms with Crippen molar-refractivity contribution in [2.45, 2.75) is 4.90 Å². The first-order valence-electron chi connectivity index (χ1n) is 9.16. The van der Waals surface area contributed by atoms with E-state index in [1.54, 1.807) is 30.3 Å². The highest BCUT2D eigenvalue weighted by Gasteiger charge is 2.19. The number of nitrogens with one attached hydrogen (secondary N) is 2. The third-order valence-electron chi connectivity index (χ3n) is 4.55. The van der Waals surface area contributed by atoms with Crippen LogP contribution in [-0.4, -0.2) is 37.2 Å². The Morgan fingerprint density at radius 1 is 1.03 bits per heavy atom. The monoisotopic (exact) mass is 421 g/mol. The molecule has 7 nitrogen and oxygen atoms in total. The summed E-state index contributed by atoms with van der Waals surface area (Å²) >= 11 is 0. The molecule has 8 heteroatoms. The van der Waals surface area contributed by atoms with Crippen LogP contribution in [0.15, 0.2) is 77.7 Å². The molecular weight excluding hydrogens is 402 g/mol. The summed E-state index contributed by atoms with van der Waals surface area (Å²) in [4.78, 5) is 20.2. The van der Waals surface area contributed by atoms with Crippen molar-refractivity contribution in [2.24, 2.45) is 0 Å². The Labute approximate surface area is 173 Å². The van der Waals surface area contributed by atoms with Crippen LogP contribution >= 0.6 is 0 Å². The molecular formula is C22H19N3O4S. The van der Waals surface area contributed by atoms with E-state index in [1.807, 2.05) is 30.3 Å². The van der Waals surface area contributed by atoms with Crippen LogP contribution < -0.4 is 10.1 Å². The maximum Gasteiger partial charge on any atom is 0.239 e. The Morgan fingerprint density at radius 3 is 2.53 bits per heavy atom. The third-order valence-corrected chi connectivity index (χ3v) is 6.18. The fourth-order valence-electron chi connectivity index (χ4n) is 3.07. The number of H-pyrrole nitrogens is 1. The number of hydrogen-bond donors (Lipinski definition) is 2. The number of carbonyl (C=O) groups is 1. The van der Waals surface area contributed by atoms with Crippen LogP contribution in [0.5, 0.6) is 5.75 Å². The molecule has 0 unspecified atom stereocenters. The third kappa shape index (κ3) is 4.18. The average Bonchev–Trinajstić information content (AvgIpc) is 3.18. The summed E-state index contributed by atoms with van der Waals surface area (Å²) in [6.07, 6.45) is 0. The van der Waals surface area contributed by atoms with Crippen molar-refractivity contribution in [3.8, 4) is 17.1 Å². The fraction of sp³-hybridized carbons (Fsp3) is 0.0909. The molecule has 0 radical (unpaired) electrons. The number of carbonyl (C=O) groups excluding carboxylic acids is 1. The van der Waals surface area contributed by atoms with Gasteiger partial charge in [0.1, 0.15) is 17.3 Å². The van der Waals surface area contributed by atoms with Crippen molar-refractivity contribution in [3.05, 3.63) is 72.8 Å². The lowest BCUT2D eigenvalue weighted by atomic mass is 10.2. The average molecular weight is 421 g/mol. The van der Waals surface area contributed by atoms with Gasteiger partial charge in [-0.25, -0.2) is 13.4 Å². The SMILES string of the molecule is COc1ccc(S(=O)(=O)CC(=O)Nc2cccc(-c3nc4ccccc4[nH]3)c2)cc1. The summed E-state index contributed by atoms with van der Waals surface area (Å²) in [6.45, 7) is 0. The lowest BCUT2D eigenvalue weighted by Crippen LogP contribution is -2.23. The summed E-state index contributed by atoms with van der Waals surface area (Å²) in [6, 6.07) is 20.7. The molecule has 1 heterocycles. The first kappa shape index (κ1) is 19.7. The number of aromatic amines is 1. The molecule has 4 rings (SSSR count). The summed E-state index contributed by atoms with van der Waals surface area (Å²) in [5.41, 5.74) is 3.02. The second-order valence-corrected chi connectivity index (χ2v) is 8.66. The Hall–Kier alpha value is -3.65. The molecule has 0 aliphatic rings. The van der Waals surface area contributed by atoms with E-state index in [0.29, 0.717) is 17.3 Å². The van der Waals surface area contributed by atoms with E-state index in [0.717, 1.165) is 16.6 Å². The van der Waals surface area contributed by atoms with E-state index >= 15 is 0 Å². The molecule has 1 aromatic heterocycles. The number of hydrogen-bond acceptors (Lipinski definition) is 5. The van der Waals surface area contributed by atoms with Crippen molar-refractivity contribution in [1.29, 1.82) is 0 Å². The zero-order valence-electron chi connectivity index (χ0n) is 16.1. The first-order chi connectivity index (χ1) is 14.4. The highest BCUT2D eigenvalue weighted by atomic mass is 32.2. The van der Waals surface area contributed by atoms with Crippen LogP contribution in [0.4, 0.5) is 5.69 Å². The van der Waals surface area contributed by atoms with Crippen LogP contribution in [0.2, 0.25) is 0 Å². The van der Waals surface area contributed by atoms with Crippen LogP contribution in [0.3, 0.4) is 0 Å². The Bertz CT molecular complexity index is 1280. The van der Waals surface area contributed by atoms with Crippen molar-refractivity contribution in [2.75, 3.05) is 18.2 Å². The van der Waals surface area contributed by atoms with Gasteiger partial charge in [-0.05, 0) is 48.5 Å². The number of fused-ring (bicyclic) bond motifs is 1. The Balaban J connectivity index is 1.50. The summed E-state index contributed by atoms with van der Waals surface area (Å²) in [5.74, 6) is -0.0692. The van der Waals surface area contributed by atoms with Crippen molar-refractivity contribution in [3.63, 3.8) is 0 Å². The second kappa shape index (κ2) is 8.00. The van der Waals surface area contributed by atoms with E-state index in [4.69, 9.17) is 4.74 Å². The quantitative estimate of drug-likeness (QED) is 0.495. The minimum atomic E-state index is -3.77. The number of nitrogens with zero attached hydrogens (tertiary/aromatic N) is 1. The van der Waals surface area contributed by atoms with Gasteiger partial charge in [0.15, 0.2) is 9.84 Å². The van der Waals surface area contributed by atoms with Crippen molar-refractivity contribution >= 4 is 32.5 Å². The number of amides is 1. The Kier molecular flexibility index (Phi) is 5.24. The smallest absolute Gasteiger partial charge is 0.239 e. The molecule has 0 saturated heterocycles. The zero-order valence-corrected chi connectivity index (χ0v) is 16.9. The molecule has 0 spiro atoms. The number of para-hydroxylation sites is 2. The molecule has 0 fully saturated rings. The summed E-state index contributed by atoms with van der Waals surface area (Å²) in [7, 11) is -2.27. The van der Waals surface area contributed by atoms with Gasteiger partial charge in [0, 0.05) is 11.3 Å². The van der Waals surface area contributed by atoms with Gasteiger partial charge in [0.25, 0.3) is 0 Å². The number of aromatic nitrogens is 2. The van der Waals surface area contributed by atoms with E-state index in [-0.39, 0.29) is 4.90 Å². The second-order valence-electron chi connectivity index (χ2n) is 6.67. The first-order valence-corrected chi connectivity index (χ1v) is 10.8. The van der Waals surface area contributed by atoms with Crippen molar-refractivity contribution < 1.29 is 17.9 Å². The number of imidazole rings is 1. The largest absolute Gasteiger partial charge is 0.497 e. The predicted molar refractivity (Wildman–Crippen MR) is 115 cm³/mol. The van der Waals surface area contributed by atoms with E-state index in [1.165, 1.54) is 19.2 Å². The van der Waals surface area contributed by atoms with Crippen LogP contribution in [0.25, 0.3) is 22.4 Å². The minimum absolute atomic E-state index is 0.0643. The molecule has 0 aliphatic carbocycles. The number of sulfone groups is 1. The van der Waals surface area contributed by atoms with Crippen LogP contribution in [0.1, 0.15) is 0 Å². The van der Waals surface area contributed by atoms with Crippen LogP contribution in [0, 0.1) is 0 Å². The normalized spacial score (nSPS) is 11.4. The van der Waals surface area contributed by atoms with Crippen LogP contribution in [-0.2, 0) is 14.6 Å². The number of ether oxygens (including phenoxy) is 1. The molecule has 3 aromatic carbocycles. The topological polar surface area (TPSA) is 101 Å². The summed E-state index contributed by atoms with van der Waals surface area (Å²) < 4.78 is 30.0. The number of benzene rings is 3. The van der Waals surface area contributed by atoms with Crippen molar-refractivity contribution in [1.82, 2.24) is 9.97 Å². The lowest BCUT2D eigenvalue weighted by molar-refractivity contribution is -0.113. The highest BCUT2D eigenvalue weighted by Crippen LogP contribution is 2.23. The molecule has 1 amide bonds. The highest BCUT2D eigenvalue weighted by molar-refractivity contribution is 7.92. The van der Waals surface area contributed by atoms with Gasteiger partial charge < -0.3 is 15.0 Å². The van der Waals surface area contributed by atoms with Gasteiger partial charge in [0.2, 0.25) is 5.91 Å². The van der Waals surface area contributed by atoms with Gasteiger partial charge >= 0.3 is 0 Å². The molecule has 0 bridgehead atoms. The molecule has 0 atom stereocenters. The maximum absolute atomic E-state index is 12.5. The van der Waals surface area contributed by atoms with Gasteiger partial charge in [-0.1, -0.05) is 24.3 Å². The molecule has 0 saturated carbocycles. The standard InChI is InChI=1S/C22H19N3O4S/c1-29-17-9-11-18(12-10-17)30(27,28)14-21(26)23-16-6-4-5-15(13-16)22-24-19-7-2-3-8-20(19)25-22/h2-13H,14H2,1H3,(H,23,26)(H,24,25). The van der Waals surface area contributed by atoms with Gasteiger partial charge in [-0.15, -0.1) is 0 Å². The number of rotatable bonds is 6. The van der Waals surface area contributed by atoms with E-state index in [9.17, 15) is 13.2 Å². The molecule has 4 aromatic rings.